The summed E-state index contributed by atoms with van der Waals surface area (Å²) in [6.45, 7) is 2.67. The lowest BCUT2D eigenvalue weighted by Crippen LogP contribution is -2.40. The number of benzene rings is 2. The van der Waals surface area contributed by atoms with Crippen molar-refractivity contribution < 1.29 is 21.6 Å². The van der Waals surface area contributed by atoms with E-state index in [-0.39, 0.29) is 28.4 Å². The van der Waals surface area contributed by atoms with Crippen LogP contribution in [0, 0.1) is 0 Å². The van der Waals surface area contributed by atoms with Gasteiger partial charge in [-0.2, -0.15) is 0 Å². The number of anilines is 1. The lowest BCUT2D eigenvalue weighted by molar-refractivity contribution is -0.127. The summed E-state index contributed by atoms with van der Waals surface area (Å²) in [6, 6.07) is 13.6. The monoisotopic (exact) mass is 474 g/mol. The molecule has 170 valence electrons. The molecule has 1 atom stereocenters. The third-order valence-electron chi connectivity index (χ3n) is 6.00. The minimum atomic E-state index is -3.66. The van der Waals surface area contributed by atoms with Gasteiger partial charge in [-0.3, -0.25) is 9.10 Å². The number of carbonyl (C=O) groups excluding carboxylic acids is 1. The molecule has 2 aromatic rings. The molecular formula is C23H26N2O5S2. The van der Waals surface area contributed by atoms with Gasteiger partial charge in [-0.05, 0) is 55.2 Å². The second kappa shape index (κ2) is 8.71. The zero-order valence-electron chi connectivity index (χ0n) is 17.8. The molecule has 0 N–H and O–H groups in total. The summed E-state index contributed by atoms with van der Waals surface area (Å²) >= 11 is 0. The molecule has 32 heavy (non-hydrogen) atoms. The Morgan fingerprint density at radius 2 is 1.88 bits per heavy atom. The summed E-state index contributed by atoms with van der Waals surface area (Å²) in [5.41, 5.74) is 2.43. The molecule has 1 fully saturated rings. The Bertz CT molecular complexity index is 1250. The Morgan fingerprint density at radius 1 is 1.16 bits per heavy atom. The Hall–Kier alpha value is -2.65. The lowest BCUT2D eigenvalue weighted by atomic mass is 10.2. The van der Waals surface area contributed by atoms with Crippen molar-refractivity contribution in [3.05, 3.63) is 65.7 Å². The van der Waals surface area contributed by atoms with E-state index >= 15 is 0 Å². The van der Waals surface area contributed by atoms with Crippen LogP contribution in [0.25, 0.3) is 6.08 Å². The standard InChI is InChI=1S/C23H26N2O5S2/c1-2-24(20-14-16-31(27,28)17-20)23(26)12-9-18-7-10-21(11-8-18)32(29,30)25-15-13-19-5-3-4-6-22(19)25/h3-12,20H,2,13-17H2,1H3. The Kier molecular flexibility index (Phi) is 6.13. The predicted molar refractivity (Wildman–Crippen MR) is 125 cm³/mol. The number of likely N-dealkylation sites (N-methyl/N-ethyl adjacent to an activating group) is 1. The molecule has 7 nitrogen and oxygen atoms in total. The maximum absolute atomic E-state index is 13.1. The van der Waals surface area contributed by atoms with Gasteiger partial charge in [0.15, 0.2) is 9.84 Å². The van der Waals surface area contributed by atoms with Gasteiger partial charge in [-0.25, -0.2) is 16.8 Å². The van der Waals surface area contributed by atoms with Crippen LogP contribution in [0.5, 0.6) is 0 Å². The van der Waals surface area contributed by atoms with E-state index in [1.807, 2.05) is 31.2 Å². The fourth-order valence-electron chi connectivity index (χ4n) is 4.31. The molecule has 0 aromatic heterocycles. The van der Waals surface area contributed by atoms with Crippen LogP contribution in [0.15, 0.2) is 59.5 Å². The second-order valence-electron chi connectivity index (χ2n) is 8.04. The van der Waals surface area contributed by atoms with Crippen molar-refractivity contribution in [2.24, 2.45) is 0 Å². The zero-order chi connectivity index (χ0) is 22.9. The number of nitrogens with zero attached hydrogens (tertiary/aromatic N) is 2. The lowest BCUT2D eigenvalue weighted by Gasteiger charge is -2.25. The molecule has 1 saturated heterocycles. The van der Waals surface area contributed by atoms with Gasteiger partial charge in [0.05, 0.1) is 22.1 Å². The molecule has 1 amide bonds. The first kappa shape index (κ1) is 22.5. The Morgan fingerprint density at radius 3 is 2.53 bits per heavy atom. The molecule has 2 aliphatic rings. The van der Waals surface area contributed by atoms with Crippen LogP contribution < -0.4 is 4.31 Å². The number of para-hydroxylation sites is 1. The van der Waals surface area contributed by atoms with Crippen LogP contribution in [-0.2, 0) is 31.1 Å². The first-order valence-electron chi connectivity index (χ1n) is 10.6. The minimum absolute atomic E-state index is 0.00655. The number of amides is 1. The van der Waals surface area contributed by atoms with Crippen LogP contribution in [0.4, 0.5) is 5.69 Å². The highest BCUT2D eigenvalue weighted by Gasteiger charge is 2.33. The molecule has 9 heteroatoms. The van der Waals surface area contributed by atoms with Crippen molar-refractivity contribution in [2.75, 3.05) is 28.9 Å². The van der Waals surface area contributed by atoms with Gasteiger partial charge in [0, 0.05) is 25.2 Å². The minimum Gasteiger partial charge on any atom is -0.335 e. The van der Waals surface area contributed by atoms with Crippen molar-refractivity contribution in [3.63, 3.8) is 0 Å². The van der Waals surface area contributed by atoms with E-state index in [0.717, 1.165) is 11.3 Å². The SMILES string of the molecule is CCN(C(=O)C=Cc1ccc(S(=O)(=O)N2CCc3ccccc32)cc1)C1CCS(=O)(=O)C1. The summed E-state index contributed by atoms with van der Waals surface area (Å²) in [7, 11) is -6.74. The van der Waals surface area contributed by atoms with Gasteiger partial charge in [0.25, 0.3) is 10.0 Å². The predicted octanol–water partition coefficient (Wildman–Crippen LogP) is 2.49. The van der Waals surface area contributed by atoms with E-state index in [1.165, 1.54) is 10.4 Å². The third-order valence-corrected chi connectivity index (χ3v) is 9.58. The highest BCUT2D eigenvalue weighted by Crippen LogP contribution is 2.32. The molecule has 0 saturated carbocycles. The summed E-state index contributed by atoms with van der Waals surface area (Å²) in [5, 5.41) is 0. The number of fused-ring (bicyclic) bond motifs is 1. The van der Waals surface area contributed by atoms with Crippen molar-refractivity contribution in [1.82, 2.24) is 4.90 Å². The molecule has 2 heterocycles. The van der Waals surface area contributed by atoms with E-state index in [1.54, 1.807) is 35.2 Å². The average Bonchev–Trinajstić information content (AvgIpc) is 3.36. The van der Waals surface area contributed by atoms with Gasteiger partial charge in [-0.1, -0.05) is 30.3 Å². The fourth-order valence-corrected chi connectivity index (χ4v) is 7.55. The molecular weight excluding hydrogens is 448 g/mol. The van der Waals surface area contributed by atoms with E-state index < -0.39 is 19.9 Å². The number of carbonyl (C=O) groups is 1. The van der Waals surface area contributed by atoms with E-state index in [9.17, 15) is 21.6 Å². The molecule has 0 radical (unpaired) electrons. The number of rotatable bonds is 6. The van der Waals surface area contributed by atoms with Crippen molar-refractivity contribution in [1.29, 1.82) is 0 Å². The summed E-state index contributed by atoms with van der Waals surface area (Å²) in [4.78, 5) is 14.4. The van der Waals surface area contributed by atoms with E-state index in [2.05, 4.69) is 0 Å². The maximum atomic E-state index is 13.1. The molecule has 2 aromatic carbocycles. The van der Waals surface area contributed by atoms with Crippen molar-refractivity contribution in [2.45, 2.75) is 30.7 Å². The van der Waals surface area contributed by atoms with Gasteiger partial charge >= 0.3 is 0 Å². The highest BCUT2D eigenvalue weighted by molar-refractivity contribution is 7.93. The summed E-state index contributed by atoms with van der Waals surface area (Å²) < 4.78 is 51.1. The topological polar surface area (TPSA) is 91.8 Å². The number of hydrogen-bond donors (Lipinski definition) is 0. The second-order valence-corrected chi connectivity index (χ2v) is 12.1. The molecule has 2 aliphatic heterocycles. The first-order chi connectivity index (χ1) is 15.2. The number of sulfonamides is 1. The molecule has 4 rings (SSSR count). The normalized spacial score (nSPS) is 19.9. The third kappa shape index (κ3) is 4.45. The smallest absolute Gasteiger partial charge is 0.264 e. The van der Waals surface area contributed by atoms with Crippen LogP contribution in [0.3, 0.4) is 0 Å². The van der Waals surface area contributed by atoms with Gasteiger partial charge in [0.1, 0.15) is 0 Å². The molecule has 0 aliphatic carbocycles. The van der Waals surface area contributed by atoms with Gasteiger partial charge < -0.3 is 4.90 Å². The Balaban J connectivity index is 1.47. The van der Waals surface area contributed by atoms with Crippen LogP contribution in [0.1, 0.15) is 24.5 Å². The molecule has 1 unspecified atom stereocenters. The number of hydrogen-bond acceptors (Lipinski definition) is 5. The summed E-state index contributed by atoms with van der Waals surface area (Å²) in [6.07, 6.45) is 4.18. The van der Waals surface area contributed by atoms with Crippen LogP contribution >= 0.6 is 0 Å². The largest absolute Gasteiger partial charge is 0.335 e. The first-order valence-corrected chi connectivity index (χ1v) is 13.9. The van der Waals surface area contributed by atoms with Gasteiger partial charge in [-0.15, -0.1) is 0 Å². The fraction of sp³-hybridized carbons (Fsp3) is 0.348. The zero-order valence-corrected chi connectivity index (χ0v) is 19.5. The van der Waals surface area contributed by atoms with E-state index in [0.29, 0.717) is 31.5 Å². The van der Waals surface area contributed by atoms with Crippen LogP contribution in [0.2, 0.25) is 0 Å². The van der Waals surface area contributed by atoms with Crippen LogP contribution in [-0.4, -0.2) is 58.3 Å². The Labute approximate surface area is 189 Å². The van der Waals surface area contributed by atoms with Crippen molar-refractivity contribution in [3.8, 4) is 0 Å². The van der Waals surface area contributed by atoms with Gasteiger partial charge in [0.2, 0.25) is 5.91 Å². The van der Waals surface area contributed by atoms with E-state index in [4.69, 9.17) is 0 Å². The highest BCUT2D eigenvalue weighted by atomic mass is 32.2. The maximum Gasteiger partial charge on any atom is 0.264 e. The summed E-state index contributed by atoms with van der Waals surface area (Å²) in [5.74, 6) is -0.130. The molecule has 0 bridgehead atoms. The average molecular weight is 475 g/mol. The molecule has 0 spiro atoms. The number of sulfone groups is 1. The van der Waals surface area contributed by atoms with Crippen molar-refractivity contribution >= 4 is 37.5 Å². The quantitative estimate of drug-likeness (QED) is 0.600.